The number of ether oxygens (including phenoxy) is 7. The number of esters is 1. The molecule has 10 nitrogen and oxygen atoms in total. The second-order valence-corrected chi connectivity index (χ2v) is 9.90. The highest BCUT2D eigenvalue weighted by molar-refractivity contribution is 5.89. The molecule has 3 aromatic rings. The molecule has 2 aliphatic rings. The predicted molar refractivity (Wildman–Crippen MR) is 150 cm³/mol. The Morgan fingerprint density at radius 1 is 0.905 bits per heavy atom. The Morgan fingerprint density at radius 2 is 1.60 bits per heavy atom. The van der Waals surface area contributed by atoms with E-state index in [1.54, 1.807) is 31.4 Å². The van der Waals surface area contributed by atoms with Crippen LogP contribution < -0.4 is 0 Å². The van der Waals surface area contributed by atoms with E-state index in [0.29, 0.717) is 18.8 Å². The molecule has 2 saturated heterocycles. The summed E-state index contributed by atoms with van der Waals surface area (Å²) in [6, 6.07) is 27.0. The van der Waals surface area contributed by atoms with Gasteiger partial charge in [-0.25, -0.2) is 9.59 Å². The lowest BCUT2D eigenvalue weighted by molar-refractivity contribution is -0.297. The minimum absolute atomic E-state index is 0.0127. The lowest BCUT2D eigenvalue weighted by atomic mass is 9.92. The Kier molecular flexibility index (Phi) is 10.5. The van der Waals surface area contributed by atoms with Gasteiger partial charge in [0, 0.05) is 12.7 Å². The molecular formula is C32H35NO9. The summed E-state index contributed by atoms with van der Waals surface area (Å²) >= 11 is 0. The van der Waals surface area contributed by atoms with Gasteiger partial charge in [-0.05, 0) is 17.7 Å². The number of benzene rings is 3. The Balaban J connectivity index is 1.40. The predicted octanol–water partition coefficient (Wildman–Crippen LogP) is 4.35. The van der Waals surface area contributed by atoms with Crippen molar-refractivity contribution in [3.05, 3.63) is 108 Å². The maximum Gasteiger partial charge on any atom is 0.410 e. The summed E-state index contributed by atoms with van der Waals surface area (Å²) in [6.45, 7) is 0.889. The molecular weight excluding hydrogens is 542 g/mol. The molecule has 2 aliphatic heterocycles. The van der Waals surface area contributed by atoms with E-state index in [1.165, 1.54) is 4.90 Å². The van der Waals surface area contributed by atoms with Crippen LogP contribution in [-0.2, 0) is 39.8 Å². The quantitative estimate of drug-likeness (QED) is 0.187. The summed E-state index contributed by atoms with van der Waals surface area (Å²) in [5, 5.41) is 0. The van der Waals surface area contributed by atoms with E-state index in [9.17, 15) is 9.59 Å². The van der Waals surface area contributed by atoms with Crippen molar-refractivity contribution < 1.29 is 42.7 Å². The number of hydrogen-bond donors (Lipinski definition) is 0. The molecule has 0 spiro atoms. The largest absolute Gasteiger partial charge is 0.454 e. The van der Waals surface area contributed by atoms with E-state index >= 15 is 0 Å². The van der Waals surface area contributed by atoms with Crippen molar-refractivity contribution in [2.75, 3.05) is 40.3 Å². The van der Waals surface area contributed by atoms with Crippen molar-refractivity contribution in [1.29, 1.82) is 0 Å². The van der Waals surface area contributed by atoms with Crippen LogP contribution in [0.25, 0.3) is 0 Å². The van der Waals surface area contributed by atoms with Gasteiger partial charge in [-0.15, -0.1) is 0 Å². The molecule has 1 amide bonds. The van der Waals surface area contributed by atoms with Crippen LogP contribution in [0.15, 0.2) is 91.0 Å². The molecule has 5 atom stereocenters. The van der Waals surface area contributed by atoms with E-state index in [-0.39, 0.29) is 26.6 Å². The van der Waals surface area contributed by atoms with Gasteiger partial charge in [0.2, 0.25) is 0 Å². The number of rotatable bonds is 11. The van der Waals surface area contributed by atoms with Gasteiger partial charge in [0.05, 0.1) is 38.0 Å². The van der Waals surface area contributed by atoms with Crippen molar-refractivity contribution in [1.82, 2.24) is 4.90 Å². The number of carbonyl (C=O) groups excluding carboxylic acids is 2. The third-order valence-corrected chi connectivity index (χ3v) is 7.10. The standard InChI is InChI=1S/C32H35NO9/c1-36-17-18-37-22-40-29-27(41-30(34)24-13-7-3-8-14-24)19-33(32(35)39-20-23-11-5-2-6-12-23)26-21-38-31(42-28(26)29)25-15-9-4-10-16-25/h2-16,26-29,31H,17-22H2,1H3/t26-,27+,28-,29-,31-/m1/s1. The molecule has 2 fully saturated rings. The maximum atomic E-state index is 13.5. The SMILES string of the molecule is COCCOCO[C@H]1[C@@H]2O[C@H](c3ccccc3)OC[C@H]2N(C(=O)OCc2ccccc2)C[C@@H]1OC(=O)c1ccccc1. The third kappa shape index (κ3) is 7.53. The average molecular weight is 578 g/mol. The lowest BCUT2D eigenvalue weighted by Crippen LogP contribution is -2.68. The molecule has 2 heterocycles. The smallest absolute Gasteiger partial charge is 0.410 e. The van der Waals surface area contributed by atoms with Crippen molar-refractivity contribution in [2.24, 2.45) is 0 Å². The van der Waals surface area contributed by atoms with Gasteiger partial charge in [-0.2, -0.15) is 0 Å². The van der Waals surface area contributed by atoms with Crippen LogP contribution in [-0.4, -0.2) is 81.6 Å². The van der Waals surface area contributed by atoms with E-state index in [4.69, 9.17) is 33.2 Å². The van der Waals surface area contributed by atoms with Gasteiger partial charge >= 0.3 is 12.1 Å². The minimum atomic E-state index is -0.885. The van der Waals surface area contributed by atoms with Crippen LogP contribution in [0.3, 0.4) is 0 Å². The second kappa shape index (κ2) is 14.9. The highest BCUT2D eigenvalue weighted by Crippen LogP contribution is 2.36. The average Bonchev–Trinajstić information content (AvgIpc) is 3.05. The molecule has 0 aromatic heterocycles. The lowest BCUT2D eigenvalue weighted by Gasteiger charge is -2.50. The van der Waals surface area contributed by atoms with Gasteiger partial charge in [-0.3, -0.25) is 4.90 Å². The Bertz CT molecular complexity index is 1260. The van der Waals surface area contributed by atoms with Crippen molar-refractivity contribution in [3.8, 4) is 0 Å². The zero-order valence-electron chi connectivity index (χ0n) is 23.4. The molecule has 0 N–H and O–H groups in total. The fourth-order valence-electron chi connectivity index (χ4n) is 4.97. The molecule has 0 saturated carbocycles. The first-order chi connectivity index (χ1) is 20.6. The summed E-state index contributed by atoms with van der Waals surface area (Å²) in [4.78, 5) is 28.2. The molecule has 5 rings (SSSR count). The van der Waals surface area contributed by atoms with Gasteiger partial charge in [0.1, 0.15) is 31.7 Å². The molecule has 0 radical (unpaired) electrons. The Morgan fingerprint density at radius 3 is 2.31 bits per heavy atom. The molecule has 0 bridgehead atoms. The van der Waals surface area contributed by atoms with Crippen LogP contribution in [0, 0.1) is 0 Å². The van der Waals surface area contributed by atoms with Gasteiger partial charge in [0.25, 0.3) is 0 Å². The molecule has 10 heteroatoms. The summed E-state index contributed by atoms with van der Waals surface area (Å²) < 4.78 is 41.0. The molecule has 0 aliphatic carbocycles. The monoisotopic (exact) mass is 577 g/mol. The number of methoxy groups -OCH3 is 1. The summed E-state index contributed by atoms with van der Waals surface area (Å²) in [5.41, 5.74) is 2.04. The normalized spacial score (nSPS) is 23.5. The fraction of sp³-hybridized carbons (Fsp3) is 0.375. The van der Waals surface area contributed by atoms with E-state index in [0.717, 1.165) is 11.1 Å². The van der Waals surface area contributed by atoms with Crippen LogP contribution in [0.5, 0.6) is 0 Å². The second-order valence-electron chi connectivity index (χ2n) is 9.90. The highest BCUT2D eigenvalue weighted by Gasteiger charge is 2.52. The van der Waals surface area contributed by atoms with Crippen LogP contribution in [0.2, 0.25) is 0 Å². The van der Waals surface area contributed by atoms with E-state index < -0.39 is 42.7 Å². The number of nitrogens with zero attached hydrogens (tertiary/aromatic N) is 1. The van der Waals surface area contributed by atoms with Crippen molar-refractivity contribution in [3.63, 3.8) is 0 Å². The Hall–Kier alpha value is -3.80. The summed E-state index contributed by atoms with van der Waals surface area (Å²) in [5.74, 6) is -0.544. The van der Waals surface area contributed by atoms with Crippen LogP contribution in [0.4, 0.5) is 4.79 Å². The zero-order chi connectivity index (χ0) is 29.1. The first-order valence-corrected chi connectivity index (χ1v) is 13.9. The van der Waals surface area contributed by atoms with Crippen molar-refractivity contribution in [2.45, 2.75) is 37.3 Å². The van der Waals surface area contributed by atoms with Crippen LogP contribution >= 0.6 is 0 Å². The van der Waals surface area contributed by atoms with Gasteiger partial charge in [0.15, 0.2) is 6.29 Å². The highest BCUT2D eigenvalue weighted by atomic mass is 16.7. The van der Waals surface area contributed by atoms with Gasteiger partial charge < -0.3 is 33.2 Å². The van der Waals surface area contributed by atoms with E-state index in [2.05, 4.69) is 0 Å². The number of hydrogen-bond acceptors (Lipinski definition) is 9. The zero-order valence-corrected chi connectivity index (χ0v) is 23.4. The first kappa shape index (κ1) is 29.7. The molecule has 3 aromatic carbocycles. The Labute approximate surface area is 245 Å². The summed E-state index contributed by atoms with van der Waals surface area (Å²) in [6.07, 6.45) is -3.66. The molecule has 222 valence electrons. The number of amides is 1. The van der Waals surface area contributed by atoms with Crippen LogP contribution in [0.1, 0.15) is 27.8 Å². The van der Waals surface area contributed by atoms with Gasteiger partial charge in [-0.1, -0.05) is 78.9 Å². The van der Waals surface area contributed by atoms with E-state index in [1.807, 2.05) is 66.7 Å². The molecule has 42 heavy (non-hydrogen) atoms. The number of fused-ring (bicyclic) bond motifs is 1. The third-order valence-electron chi connectivity index (χ3n) is 7.10. The minimum Gasteiger partial charge on any atom is -0.454 e. The fourth-order valence-corrected chi connectivity index (χ4v) is 4.97. The number of carbonyl (C=O) groups is 2. The topological polar surface area (TPSA) is 102 Å². The van der Waals surface area contributed by atoms with Crippen molar-refractivity contribution >= 4 is 12.1 Å². The number of piperidine rings is 1. The number of likely N-dealkylation sites (tertiary alicyclic amines) is 1. The first-order valence-electron chi connectivity index (χ1n) is 13.9. The summed E-state index contributed by atoms with van der Waals surface area (Å²) in [7, 11) is 1.58. The molecule has 0 unspecified atom stereocenters. The maximum absolute atomic E-state index is 13.5.